The van der Waals surface area contributed by atoms with Crippen molar-refractivity contribution in [1.82, 2.24) is 4.98 Å². The van der Waals surface area contributed by atoms with Gasteiger partial charge >= 0.3 is 5.97 Å². The summed E-state index contributed by atoms with van der Waals surface area (Å²) in [5.74, 6) is -0.348. The zero-order valence-corrected chi connectivity index (χ0v) is 11.2. The second-order valence-corrected chi connectivity index (χ2v) is 4.30. The van der Waals surface area contributed by atoms with Crippen LogP contribution in [-0.2, 0) is 17.7 Å². The summed E-state index contributed by atoms with van der Waals surface area (Å²) >= 11 is 0. The molecule has 0 spiro atoms. The molecule has 19 heavy (non-hydrogen) atoms. The van der Waals surface area contributed by atoms with E-state index in [1.54, 1.807) is 6.07 Å². The highest BCUT2D eigenvalue weighted by atomic mass is 16.5. The quantitative estimate of drug-likeness (QED) is 0.811. The molecule has 1 aromatic heterocycles. The van der Waals surface area contributed by atoms with Gasteiger partial charge < -0.3 is 15.0 Å². The van der Waals surface area contributed by atoms with Gasteiger partial charge in [-0.25, -0.2) is 4.79 Å². The predicted molar refractivity (Wildman–Crippen MR) is 75.3 cm³/mol. The number of esters is 1. The van der Waals surface area contributed by atoms with Crippen molar-refractivity contribution in [2.24, 2.45) is 0 Å². The van der Waals surface area contributed by atoms with Crippen LogP contribution in [0.3, 0.4) is 0 Å². The van der Waals surface area contributed by atoms with Crippen molar-refractivity contribution >= 4 is 11.7 Å². The molecule has 0 saturated carbocycles. The molecule has 0 aliphatic carbocycles. The van der Waals surface area contributed by atoms with Crippen LogP contribution >= 0.6 is 0 Å². The Morgan fingerprint density at radius 3 is 2.89 bits per heavy atom. The summed E-state index contributed by atoms with van der Waals surface area (Å²) in [6.45, 7) is 2.77. The van der Waals surface area contributed by atoms with Crippen LogP contribution in [0.1, 0.15) is 28.7 Å². The fourth-order valence-electron chi connectivity index (χ4n) is 1.87. The van der Waals surface area contributed by atoms with Crippen LogP contribution < -0.4 is 5.32 Å². The first-order valence-electron chi connectivity index (χ1n) is 6.32. The first-order chi connectivity index (χ1) is 9.22. The second-order valence-electron chi connectivity index (χ2n) is 4.30. The Labute approximate surface area is 112 Å². The van der Waals surface area contributed by atoms with Crippen LogP contribution in [0.5, 0.6) is 0 Å². The lowest BCUT2D eigenvalue weighted by molar-refractivity contribution is 0.0594. The third-order valence-corrected chi connectivity index (χ3v) is 2.97. The number of ether oxygens (including phenoxy) is 1. The molecule has 0 bridgehead atoms. The highest BCUT2D eigenvalue weighted by molar-refractivity contribution is 5.87. The second kappa shape index (κ2) is 6.09. The van der Waals surface area contributed by atoms with Gasteiger partial charge in [0, 0.05) is 11.4 Å². The average Bonchev–Trinajstić information content (AvgIpc) is 2.93. The molecular weight excluding hydrogens is 240 g/mol. The first-order valence-corrected chi connectivity index (χ1v) is 6.32. The van der Waals surface area contributed by atoms with Gasteiger partial charge in [0.05, 0.1) is 13.7 Å². The van der Waals surface area contributed by atoms with Crippen molar-refractivity contribution in [3.8, 4) is 0 Å². The van der Waals surface area contributed by atoms with E-state index in [-0.39, 0.29) is 5.97 Å². The maximum absolute atomic E-state index is 11.3. The van der Waals surface area contributed by atoms with Crippen LogP contribution in [0.4, 0.5) is 5.69 Å². The molecule has 0 fully saturated rings. The number of rotatable bonds is 5. The van der Waals surface area contributed by atoms with E-state index >= 15 is 0 Å². The summed E-state index contributed by atoms with van der Waals surface area (Å²) in [4.78, 5) is 14.3. The number of anilines is 1. The zero-order chi connectivity index (χ0) is 13.7. The molecule has 0 saturated heterocycles. The molecule has 1 heterocycles. The van der Waals surface area contributed by atoms with Crippen molar-refractivity contribution in [2.45, 2.75) is 19.9 Å². The van der Waals surface area contributed by atoms with Gasteiger partial charge in [-0.15, -0.1) is 0 Å². The van der Waals surface area contributed by atoms with E-state index in [0.29, 0.717) is 12.2 Å². The van der Waals surface area contributed by atoms with Crippen LogP contribution in [0, 0.1) is 0 Å². The van der Waals surface area contributed by atoms with E-state index < -0.39 is 0 Å². The summed E-state index contributed by atoms with van der Waals surface area (Å²) in [5.41, 5.74) is 3.80. The van der Waals surface area contributed by atoms with E-state index in [4.69, 9.17) is 0 Å². The van der Waals surface area contributed by atoms with Gasteiger partial charge in [-0.2, -0.15) is 0 Å². The van der Waals surface area contributed by atoms with Crippen LogP contribution in [-0.4, -0.2) is 18.1 Å². The third kappa shape index (κ3) is 3.37. The normalized spacial score (nSPS) is 10.2. The SMILES string of the molecule is CCc1cccc(NCc2ccc(C(=O)OC)[nH]2)c1. The van der Waals surface area contributed by atoms with Crippen molar-refractivity contribution < 1.29 is 9.53 Å². The third-order valence-electron chi connectivity index (χ3n) is 2.97. The maximum Gasteiger partial charge on any atom is 0.354 e. The number of carbonyl (C=O) groups excluding carboxylic acids is 1. The smallest absolute Gasteiger partial charge is 0.354 e. The highest BCUT2D eigenvalue weighted by Crippen LogP contribution is 2.12. The van der Waals surface area contributed by atoms with E-state index in [0.717, 1.165) is 17.8 Å². The van der Waals surface area contributed by atoms with Gasteiger partial charge in [0.2, 0.25) is 0 Å². The summed E-state index contributed by atoms with van der Waals surface area (Å²) in [6.07, 6.45) is 1.02. The van der Waals surface area contributed by atoms with E-state index in [2.05, 4.69) is 34.1 Å². The highest BCUT2D eigenvalue weighted by Gasteiger charge is 2.07. The Balaban J connectivity index is 1.98. The molecule has 100 valence electrons. The monoisotopic (exact) mass is 258 g/mol. The van der Waals surface area contributed by atoms with E-state index in [9.17, 15) is 4.79 Å². The molecule has 0 aliphatic rings. The summed E-state index contributed by atoms with van der Waals surface area (Å²) in [6, 6.07) is 11.9. The van der Waals surface area contributed by atoms with Gasteiger partial charge in [0.25, 0.3) is 0 Å². The molecule has 4 nitrogen and oxygen atoms in total. The van der Waals surface area contributed by atoms with E-state index in [1.807, 2.05) is 18.2 Å². The number of benzene rings is 1. The van der Waals surface area contributed by atoms with Gasteiger partial charge in [0.15, 0.2) is 0 Å². The number of hydrogen-bond acceptors (Lipinski definition) is 3. The largest absolute Gasteiger partial charge is 0.464 e. The fraction of sp³-hybridized carbons (Fsp3) is 0.267. The van der Waals surface area contributed by atoms with Gasteiger partial charge in [0.1, 0.15) is 5.69 Å². The van der Waals surface area contributed by atoms with Crippen molar-refractivity contribution in [2.75, 3.05) is 12.4 Å². The summed E-state index contributed by atoms with van der Waals surface area (Å²) in [7, 11) is 1.37. The molecule has 2 rings (SSSR count). The molecule has 0 aliphatic heterocycles. The summed E-state index contributed by atoms with van der Waals surface area (Å²) in [5, 5.41) is 3.32. The molecular formula is C15H18N2O2. The zero-order valence-electron chi connectivity index (χ0n) is 11.2. The first kappa shape index (κ1) is 13.2. The number of methoxy groups -OCH3 is 1. The molecule has 4 heteroatoms. The molecule has 1 aromatic carbocycles. The van der Waals surface area contributed by atoms with Gasteiger partial charge in [-0.3, -0.25) is 0 Å². The Morgan fingerprint density at radius 1 is 1.32 bits per heavy atom. The average molecular weight is 258 g/mol. The van der Waals surface area contributed by atoms with Crippen LogP contribution in [0.2, 0.25) is 0 Å². The minimum Gasteiger partial charge on any atom is -0.464 e. The maximum atomic E-state index is 11.3. The van der Waals surface area contributed by atoms with Crippen molar-refractivity contribution in [1.29, 1.82) is 0 Å². The number of carbonyl (C=O) groups is 1. The van der Waals surface area contributed by atoms with Gasteiger partial charge in [-0.1, -0.05) is 19.1 Å². The molecule has 2 aromatic rings. The Hall–Kier alpha value is -2.23. The number of nitrogens with one attached hydrogen (secondary N) is 2. The molecule has 0 unspecified atom stereocenters. The lowest BCUT2D eigenvalue weighted by Gasteiger charge is -2.06. The standard InChI is InChI=1S/C15H18N2O2/c1-3-11-5-4-6-12(9-11)16-10-13-7-8-14(17-13)15(18)19-2/h4-9,16-17H,3,10H2,1-2H3. The molecule has 0 atom stereocenters. The molecule has 0 radical (unpaired) electrons. The minimum absolute atomic E-state index is 0.348. The summed E-state index contributed by atoms with van der Waals surface area (Å²) < 4.78 is 4.65. The number of H-pyrrole nitrogens is 1. The lowest BCUT2D eigenvalue weighted by atomic mass is 10.1. The lowest BCUT2D eigenvalue weighted by Crippen LogP contribution is -2.03. The van der Waals surface area contributed by atoms with Crippen molar-refractivity contribution in [3.63, 3.8) is 0 Å². The Morgan fingerprint density at radius 2 is 2.16 bits per heavy atom. The molecule has 2 N–H and O–H groups in total. The van der Waals surface area contributed by atoms with Crippen LogP contribution in [0.15, 0.2) is 36.4 Å². The van der Waals surface area contributed by atoms with Crippen molar-refractivity contribution in [3.05, 3.63) is 53.3 Å². The van der Waals surface area contributed by atoms with E-state index in [1.165, 1.54) is 12.7 Å². The number of aromatic amines is 1. The topological polar surface area (TPSA) is 54.1 Å². The molecule has 0 amide bonds. The Bertz CT molecular complexity index is 561. The Kier molecular flexibility index (Phi) is 4.23. The number of hydrogen-bond donors (Lipinski definition) is 2. The number of aromatic nitrogens is 1. The van der Waals surface area contributed by atoms with Gasteiger partial charge in [-0.05, 0) is 36.2 Å². The van der Waals surface area contributed by atoms with Crippen LogP contribution in [0.25, 0.3) is 0 Å². The predicted octanol–water partition coefficient (Wildman–Crippen LogP) is 2.98. The number of aryl methyl sites for hydroxylation is 1. The minimum atomic E-state index is -0.348. The fourth-order valence-corrected chi connectivity index (χ4v) is 1.87.